The molecule has 1 aromatic rings. The Morgan fingerprint density at radius 2 is 2.04 bits per heavy atom. The average Bonchev–Trinajstić information content (AvgIpc) is 3.50. The molecule has 0 bridgehead atoms. The molecule has 0 aromatic heterocycles. The maximum atomic E-state index is 14.5. The van der Waals surface area contributed by atoms with E-state index in [1.165, 1.54) is 22.9 Å². The quantitative estimate of drug-likeness (QED) is 0.357. The Bertz CT molecular complexity index is 753. The molecule has 0 radical (unpaired) electrons. The summed E-state index contributed by atoms with van der Waals surface area (Å²) in [5, 5.41) is 18.2. The van der Waals surface area contributed by atoms with E-state index in [1.807, 2.05) is 4.90 Å². The van der Waals surface area contributed by atoms with E-state index in [0.717, 1.165) is 18.4 Å². The molecule has 3 rings (SSSR count). The van der Waals surface area contributed by atoms with Crippen molar-refractivity contribution in [3.8, 4) is 0 Å². The zero-order valence-electron chi connectivity index (χ0n) is 15.4. The van der Waals surface area contributed by atoms with Crippen LogP contribution in [0.2, 0.25) is 0 Å². The first-order valence-electron chi connectivity index (χ1n) is 9.36. The van der Waals surface area contributed by atoms with E-state index >= 15 is 0 Å². The van der Waals surface area contributed by atoms with E-state index in [4.69, 9.17) is 5.11 Å². The fourth-order valence-corrected chi connectivity index (χ4v) is 5.96. The van der Waals surface area contributed by atoms with E-state index in [2.05, 4.69) is 0 Å². The average molecular weight is 426 g/mol. The summed E-state index contributed by atoms with van der Waals surface area (Å²) in [4.78, 5) is 26.2. The minimum absolute atomic E-state index is 0.00111. The number of rotatable bonds is 9. The number of likely N-dealkylation sites (tertiary alicyclic amines) is 1. The van der Waals surface area contributed by atoms with Crippen LogP contribution in [0.5, 0.6) is 0 Å². The highest BCUT2D eigenvalue weighted by Crippen LogP contribution is 2.41. The van der Waals surface area contributed by atoms with Gasteiger partial charge in [-0.25, -0.2) is 9.18 Å². The normalized spacial score (nSPS) is 22.9. The second-order valence-electron chi connectivity index (χ2n) is 7.05. The molecule has 2 N–H and O–H groups in total. The van der Waals surface area contributed by atoms with Gasteiger partial charge in [-0.15, -0.1) is 0 Å². The summed E-state index contributed by atoms with van der Waals surface area (Å²) in [5.74, 6) is -0.849. The zero-order valence-corrected chi connectivity index (χ0v) is 17.1. The monoisotopic (exact) mass is 425 g/mol. The number of ketones is 1. The molecule has 152 valence electrons. The summed E-state index contributed by atoms with van der Waals surface area (Å²) < 4.78 is 14.5. The maximum Gasteiger partial charge on any atom is 0.328 e. The number of aliphatic hydroxyl groups excluding tert-OH is 1. The second kappa shape index (κ2) is 9.91. The van der Waals surface area contributed by atoms with Crippen molar-refractivity contribution in [2.45, 2.75) is 30.6 Å². The number of hydrogen-bond acceptors (Lipinski definition) is 6. The van der Waals surface area contributed by atoms with Crippen LogP contribution in [0.25, 0.3) is 0 Å². The molecule has 2 atom stereocenters. The van der Waals surface area contributed by atoms with Crippen molar-refractivity contribution in [1.82, 2.24) is 4.90 Å². The SMILES string of the molecule is O=C(O)/C=C1/CN(C(C(=O)C2CC2)c2ccccc2F)CCC1SSCCO. The summed E-state index contributed by atoms with van der Waals surface area (Å²) in [6, 6.07) is 5.67. The first-order valence-corrected chi connectivity index (χ1v) is 11.7. The van der Waals surface area contributed by atoms with E-state index in [-0.39, 0.29) is 23.6 Å². The van der Waals surface area contributed by atoms with Crippen LogP contribution in [0.15, 0.2) is 35.9 Å². The Kier molecular flexibility index (Phi) is 7.56. The van der Waals surface area contributed by atoms with Crippen molar-refractivity contribution >= 4 is 33.3 Å². The lowest BCUT2D eigenvalue weighted by atomic mass is 9.93. The fraction of sp³-hybridized carbons (Fsp3) is 0.500. The van der Waals surface area contributed by atoms with E-state index in [9.17, 15) is 19.1 Å². The lowest BCUT2D eigenvalue weighted by molar-refractivity contribution is -0.131. The van der Waals surface area contributed by atoms with Crippen LogP contribution in [-0.4, -0.2) is 57.6 Å². The largest absolute Gasteiger partial charge is 0.478 e. The van der Waals surface area contributed by atoms with Crippen LogP contribution in [0, 0.1) is 11.7 Å². The summed E-state index contributed by atoms with van der Waals surface area (Å²) in [7, 11) is 3.06. The molecule has 2 unspecified atom stereocenters. The van der Waals surface area contributed by atoms with Crippen molar-refractivity contribution < 1.29 is 24.2 Å². The van der Waals surface area contributed by atoms with Gasteiger partial charge in [0.2, 0.25) is 0 Å². The molecule has 1 aromatic carbocycles. The first kappa shape index (κ1) is 21.4. The standard InChI is InChI=1S/C20H24FNO4S2/c21-16-4-2-1-3-15(16)19(20(26)13-5-6-13)22-8-7-17(28-27-10-9-23)14(12-22)11-18(24)25/h1-4,11,13,17,19,23H,5-10,12H2,(H,24,25)/b14-11-. The van der Waals surface area contributed by atoms with Gasteiger partial charge in [0.15, 0.2) is 5.78 Å². The van der Waals surface area contributed by atoms with E-state index in [0.29, 0.717) is 30.8 Å². The topological polar surface area (TPSA) is 77.8 Å². The van der Waals surface area contributed by atoms with Gasteiger partial charge < -0.3 is 10.2 Å². The molecule has 1 saturated carbocycles. The van der Waals surface area contributed by atoms with Crippen LogP contribution < -0.4 is 0 Å². The highest BCUT2D eigenvalue weighted by molar-refractivity contribution is 8.77. The van der Waals surface area contributed by atoms with E-state index < -0.39 is 17.8 Å². The molecule has 1 heterocycles. The number of aliphatic hydroxyl groups is 1. The minimum atomic E-state index is -1.02. The minimum Gasteiger partial charge on any atom is -0.478 e. The molecular weight excluding hydrogens is 401 g/mol. The number of Topliss-reactive ketones (excluding diaryl/α,β-unsaturated/α-hetero) is 1. The van der Waals surface area contributed by atoms with Crippen molar-refractivity contribution in [1.29, 1.82) is 0 Å². The molecule has 5 nitrogen and oxygen atoms in total. The van der Waals surface area contributed by atoms with Crippen LogP contribution in [-0.2, 0) is 9.59 Å². The van der Waals surface area contributed by atoms with Crippen LogP contribution in [0.4, 0.5) is 4.39 Å². The Morgan fingerprint density at radius 1 is 1.29 bits per heavy atom. The maximum absolute atomic E-state index is 14.5. The van der Waals surface area contributed by atoms with Crippen molar-refractivity contribution in [3.63, 3.8) is 0 Å². The lowest BCUT2D eigenvalue weighted by Gasteiger charge is -2.38. The van der Waals surface area contributed by atoms with Gasteiger partial charge in [0, 0.05) is 41.6 Å². The Labute approximate surface area is 171 Å². The van der Waals surface area contributed by atoms with Gasteiger partial charge in [0.25, 0.3) is 0 Å². The predicted molar refractivity (Wildman–Crippen MR) is 110 cm³/mol. The van der Waals surface area contributed by atoms with Crippen molar-refractivity contribution in [2.75, 3.05) is 25.4 Å². The van der Waals surface area contributed by atoms with Crippen LogP contribution in [0.1, 0.15) is 30.9 Å². The smallest absolute Gasteiger partial charge is 0.328 e. The molecule has 0 spiro atoms. The Hall–Kier alpha value is -1.35. The molecule has 2 fully saturated rings. The number of hydrogen-bond donors (Lipinski definition) is 2. The zero-order chi connectivity index (χ0) is 20.1. The summed E-state index contributed by atoms with van der Waals surface area (Å²) in [5.41, 5.74) is 1.09. The number of nitrogens with zero attached hydrogens (tertiary/aromatic N) is 1. The van der Waals surface area contributed by atoms with Gasteiger partial charge in [0.1, 0.15) is 5.82 Å². The Morgan fingerprint density at radius 3 is 2.68 bits per heavy atom. The van der Waals surface area contributed by atoms with E-state index in [1.54, 1.807) is 29.0 Å². The van der Waals surface area contributed by atoms with Gasteiger partial charge in [-0.2, -0.15) is 0 Å². The molecule has 1 aliphatic carbocycles. The second-order valence-corrected chi connectivity index (χ2v) is 9.74. The van der Waals surface area contributed by atoms with Gasteiger partial charge in [-0.1, -0.05) is 39.8 Å². The fourth-order valence-electron chi connectivity index (χ4n) is 3.50. The summed E-state index contributed by atoms with van der Waals surface area (Å²) >= 11 is 0. The molecule has 8 heteroatoms. The van der Waals surface area contributed by atoms with Gasteiger partial charge in [-0.05, 0) is 30.9 Å². The van der Waals surface area contributed by atoms with Gasteiger partial charge >= 0.3 is 5.97 Å². The number of aliphatic carboxylic acids is 1. The van der Waals surface area contributed by atoms with Gasteiger partial charge in [0.05, 0.1) is 12.6 Å². The number of carbonyl (C=O) groups excluding carboxylic acids is 1. The highest BCUT2D eigenvalue weighted by Gasteiger charge is 2.41. The summed E-state index contributed by atoms with van der Waals surface area (Å²) in [6.07, 6.45) is 3.56. The third kappa shape index (κ3) is 5.37. The number of carboxylic acid groups (broad SMARTS) is 1. The molecule has 0 amide bonds. The van der Waals surface area contributed by atoms with Crippen molar-refractivity contribution in [2.24, 2.45) is 5.92 Å². The lowest BCUT2D eigenvalue weighted by Crippen LogP contribution is -2.43. The van der Waals surface area contributed by atoms with Crippen LogP contribution in [0.3, 0.4) is 0 Å². The number of carbonyl (C=O) groups is 2. The highest BCUT2D eigenvalue weighted by atomic mass is 33.1. The first-order chi connectivity index (χ1) is 13.5. The predicted octanol–water partition coefficient (Wildman–Crippen LogP) is 3.30. The van der Waals surface area contributed by atoms with Crippen molar-refractivity contribution in [3.05, 3.63) is 47.3 Å². The number of carboxylic acids is 1. The number of halogens is 1. The van der Waals surface area contributed by atoms with Gasteiger partial charge in [-0.3, -0.25) is 9.69 Å². The summed E-state index contributed by atoms with van der Waals surface area (Å²) in [6.45, 7) is 0.979. The number of benzene rings is 1. The molecule has 1 aliphatic heterocycles. The molecule has 28 heavy (non-hydrogen) atoms. The third-order valence-electron chi connectivity index (χ3n) is 4.96. The van der Waals surface area contributed by atoms with Crippen LogP contribution >= 0.6 is 21.6 Å². The molecule has 1 saturated heterocycles. The molecule has 2 aliphatic rings. The number of piperidine rings is 1. The Balaban J connectivity index is 1.84. The third-order valence-corrected chi connectivity index (χ3v) is 7.82. The molecular formula is C20H24FNO4S2.